The van der Waals surface area contributed by atoms with Gasteiger partial charge in [0.15, 0.2) is 0 Å². The van der Waals surface area contributed by atoms with E-state index in [1.807, 2.05) is 24.3 Å². The molecule has 1 aromatic carbocycles. The zero-order valence-electron chi connectivity index (χ0n) is 8.90. The Hall–Kier alpha value is -2.01. The molecule has 4 N–H and O–H groups in total. The zero-order valence-corrected chi connectivity index (χ0v) is 9.71. The van der Waals surface area contributed by atoms with E-state index in [2.05, 4.69) is 10.3 Å². The molecule has 0 radical (unpaired) electrons. The van der Waals surface area contributed by atoms with E-state index in [-0.39, 0.29) is 5.84 Å². The number of hydrogen-bond donors (Lipinski definition) is 3. The van der Waals surface area contributed by atoms with Gasteiger partial charge in [-0.25, -0.2) is 4.98 Å². The minimum atomic E-state index is 0.0670. The van der Waals surface area contributed by atoms with E-state index in [4.69, 9.17) is 11.1 Å². The lowest BCUT2D eigenvalue weighted by molar-refractivity contribution is 1.17. The number of nitrogens with two attached hydrogens (primary N) is 1. The molecule has 2 aromatic rings. The Morgan fingerprint density at radius 2 is 2.12 bits per heavy atom. The van der Waals surface area contributed by atoms with E-state index in [0.29, 0.717) is 0 Å². The van der Waals surface area contributed by atoms with Gasteiger partial charge in [0, 0.05) is 16.7 Å². The maximum absolute atomic E-state index is 7.57. The first-order valence-electron chi connectivity index (χ1n) is 5.13. The zero-order chi connectivity index (χ0) is 11.8. The second kappa shape index (κ2) is 3.78. The standard InChI is InChI=1S/C12H10N4S/c13-11(14)7-5-6-15-12-10(7)17-9-4-2-1-3-8(9)16-12/h1-6H,(H3,13,14)(H,15,16). The Morgan fingerprint density at radius 3 is 2.94 bits per heavy atom. The number of anilines is 2. The first kappa shape index (κ1) is 10.2. The van der Waals surface area contributed by atoms with Crippen LogP contribution in [0.1, 0.15) is 5.56 Å². The van der Waals surface area contributed by atoms with Gasteiger partial charge in [-0.15, -0.1) is 0 Å². The number of hydrogen-bond acceptors (Lipinski definition) is 4. The van der Waals surface area contributed by atoms with Crippen molar-refractivity contribution < 1.29 is 0 Å². The Labute approximate surface area is 103 Å². The molecule has 0 spiro atoms. The van der Waals surface area contributed by atoms with Crippen LogP contribution in [0.5, 0.6) is 0 Å². The fourth-order valence-corrected chi connectivity index (χ4v) is 2.83. The summed E-state index contributed by atoms with van der Waals surface area (Å²) in [5.41, 5.74) is 7.34. The number of para-hydroxylation sites is 1. The third-order valence-corrected chi connectivity index (χ3v) is 3.74. The van der Waals surface area contributed by atoms with Crippen LogP contribution < -0.4 is 11.1 Å². The number of nitrogens with zero attached hydrogens (tertiary/aromatic N) is 1. The molecule has 0 atom stereocenters. The van der Waals surface area contributed by atoms with Crippen molar-refractivity contribution in [1.29, 1.82) is 5.41 Å². The van der Waals surface area contributed by atoms with Crippen LogP contribution in [0.3, 0.4) is 0 Å². The summed E-state index contributed by atoms with van der Waals surface area (Å²) in [5.74, 6) is 0.832. The maximum atomic E-state index is 7.57. The van der Waals surface area contributed by atoms with E-state index in [0.717, 1.165) is 26.9 Å². The number of nitrogens with one attached hydrogen (secondary N) is 2. The number of rotatable bonds is 1. The summed E-state index contributed by atoms with van der Waals surface area (Å²) in [6, 6.07) is 9.78. The molecule has 0 fully saturated rings. The minimum absolute atomic E-state index is 0.0670. The predicted molar refractivity (Wildman–Crippen MR) is 69.1 cm³/mol. The van der Waals surface area contributed by atoms with E-state index >= 15 is 0 Å². The van der Waals surface area contributed by atoms with Gasteiger partial charge >= 0.3 is 0 Å². The summed E-state index contributed by atoms with van der Waals surface area (Å²) in [6.45, 7) is 0. The quantitative estimate of drug-likeness (QED) is 0.453. The molecular weight excluding hydrogens is 232 g/mol. The van der Waals surface area contributed by atoms with E-state index < -0.39 is 0 Å². The SMILES string of the molecule is N=C(N)c1ccnc2c1Sc1ccccc1N2. The van der Waals surface area contributed by atoms with Crippen molar-refractivity contribution in [2.24, 2.45) is 5.73 Å². The van der Waals surface area contributed by atoms with Gasteiger partial charge in [0.2, 0.25) is 0 Å². The summed E-state index contributed by atoms with van der Waals surface area (Å²) < 4.78 is 0. The van der Waals surface area contributed by atoms with Crippen molar-refractivity contribution in [1.82, 2.24) is 4.98 Å². The molecule has 0 saturated carbocycles. The van der Waals surface area contributed by atoms with Gasteiger partial charge in [0.25, 0.3) is 0 Å². The van der Waals surface area contributed by atoms with Crippen LogP contribution in [-0.4, -0.2) is 10.8 Å². The van der Waals surface area contributed by atoms with Crippen LogP contribution in [0.4, 0.5) is 11.5 Å². The third-order valence-electron chi connectivity index (χ3n) is 2.55. The lowest BCUT2D eigenvalue weighted by Gasteiger charge is -2.21. The fourth-order valence-electron chi connectivity index (χ4n) is 1.75. The van der Waals surface area contributed by atoms with Gasteiger partial charge in [-0.05, 0) is 18.2 Å². The van der Waals surface area contributed by atoms with Crippen LogP contribution in [0, 0.1) is 5.41 Å². The molecule has 0 aliphatic carbocycles. The number of aromatic nitrogens is 1. The Balaban J connectivity index is 2.15. The molecule has 0 unspecified atom stereocenters. The molecular formula is C12H10N4S. The van der Waals surface area contributed by atoms with Gasteiger partial charge < -0.3 is 11.1 Å². The first-order chi connectivity index (χ1) is 8.25. The molecule has 17 heavy (non-hydrogen) atoms. The van der Waals surface area contributed by atoms with E-state index in [9.17, 15) is 0 Å². The topological polar surface area (TPSA) is 74.8 Å². The highest BCUT2D eigenvalue weighted by Crippen LogP contribution is 2.44. The molecule has 0 amide bonds. The van der Waals surface area contributed by atoms with Crippen LogP contribution in [0.15, 0.2) is 46.3 Å². The van der Waals surface area contributed by atoms with Gasteiger partial charge in [0.1, 0.15) is 11.7 Å². The largest absolute Gasteiger partial charge is 0.384 e. The van der Waals surface area contributed by atoms with Crippen molar-refractivity contribution in [3.8, 4) is 0 Å². The molecule has 5 heteroatoms. The molecule has 1 aliphatic heterocycles. The summed E-state index contributed by atoms with van der Waals surface area (Å²) in [6.07, 6.45) is 1.66. The summed E-state index contributed by atoms with van der Waals surface area (Å²) >= 11 is 1.59. The Kier molecular flexibility index (Phi) is 2.26. The number of amidine groups is 1. The summed E-state index contributed by atoms with van der Waals surface area (Å²) in [7, 11) is 0. The van der Waals surface area contributed by atoms with Gasteiger partial charge in [-0.3, -0.25) is 5.41 Å². The van der Waals surface area contributed by atoms with Crippen molar-refractivity contribution in [3.63, 3.8) is 0 Å². The number of nitrogen functional groups attached to an aromatic ring is 1. The smallest absolute Gasteiger partial charge is 0.145 e. The molecule has 3 rings (SSSR count). The normalized spacial score (nSPS) is 12.2. The Morgan fingerprint density at radius 1 is 1.29 bits per heavy atom. The summed E-state index contributed by atoms with van der Waals surface area (Å²) in [4.78, 5) is 6.31. The monoisotopic (exact) mass is 242 g/mol. The average molecular weight is 242 g/mol. The maximum Gasteiger partial charge on any atom is 0.145 e. The minimum Gasteiger partial charge on any atom is -0.384 e. The number of benzene rings is 1. The molecule has 1 aliphatic rings. The predicted octanol–water partition coefficient (Wildman–Crippen LogP) is 2.57. The highest BCUT2D eigenvalue weighted by Gasteiger charge is 2.20. The van der Waals surface area contributed by atoms with Crippen molar-refractivity contribution >= 4 is 29.1 Å². The van der Waals surface area contributed by atoms with Crippen LogP contribution in [-0.2, 0) is 0 Å². The van der Waals surface area contributed by atoms with E-state index in [1.165, 1.54) is 0 Å². The van der Waals surface area contributed by atoms with Crippen molar-refractivity contribution in [3.05, 3.63) is 42.1 Å². The molecule has 1 aromatic heterocycles. The third kappa shape index (κ3) is 1.64. The van der Waals surface area contributed by atoms with Crippen molar-refractivity contribution in [2.45, 2.75) is 9.79 Å². The highest BCUT2D eigenvalue weighted by molar-refractivity contribution is 7.99. The lowest BCUT2D eigenvalue weighted by Crippen LogP contribution is -2.15. The average Bonchev–Trinajstić information content (AvgIpc) is 2.35. The fraction of sp³-hybridized carbons (Fsp3) is 0. The summed E-state index contributed by atoms with van der Waals surface area (Å²) in [5, 5.41) is 10.8. The lowest BCUT2D eigenvalue weighted by atomic mass is 10.2. The van der Waals surface area contributed by atoms with Gasteiger partial charge in [-0.2, -0.15) is 0 Å². The Bertz CT molecular complexity index is 609. The molecule has 84 valence electrons. The molecule has 2 heterocycles. The second-order valence-electron chi connectivity index (χ2n) is 3.67. The van der Waals surface area contributed by atoms with Crippen LogP contribution in [0.25, 0.3) is 0 Å². The van der Waals surface area contributed by atoms with Crippen LogP contribution in [0.2, 0.25) is 0 Å². The molecule has 0 bridgehead atoms. The van der Waals surface area contributed by atoms with Crippen LogP contribution >= 0.6 is 11.8 Å². The molecule has 4 nitrogen and oxygen atoms in total. The first-order valence-corrected chi connectivity index (χ1v) is 5.94. The molecule has 0 saturated heterocycles. The van der Waals surface area contributed by atoms with E-state index in [1.54, 1.807) is 24.0 Å². The second-order valence-corrected chi connectivity index (χ2v) is 4.73. The highest BCUT2D eigenvalue weighted by atomic mass is 32.2. The number of fused-ring (bicyclic) bond motifs is 2. The van der Waals surface area contributed by atoms with Gasteiger partial charge in [0.05, 0.1) is 10.6 Å². The number of pyridine rings is 1. The van der Waals surface area contributed by atoms with Crippen molar-refractivity contribution in [2.75, 3.05) is 5.32 Å². The van der Waals surface area contributed by atoms with Gasteiger partial charge in [-0.1, -0.05) is 23.9 Å².